The predicted octanol–water partition coefficient (Wildman–Crippen LogP) is 2.23. The van der Waals surface area contributed by atoms with Crippen LogP contribution in [0.1, 0.15) is 65.8 Å². The van der Waals surface area contributed by atoms with E-state index in [4.69, 9.17) is 9.47 Å². The molecule has 1 aromatic carbocycles. The van der Waals surface area contributed by atoms with E-state index in [9.17, 15) is 19.5 Å². The van der Waals surface area contributed by atoms with E-state index in [1.54, 1.807) is 6.07 Å². The molecule has 1 N–H and O–H groups in total. The third-order valence-electron chi connectivity index (χ3n) is 7.90. The van der Waals surface area contributed by atoms with E-state index >= 15 is 0 Å². The van der Waals surface area contributed by atoms with Crippen molar-refractivity contribution in [1.82, 2.24) is 9.80 Å². The van der Waals surface area contributed by atoms with Gasteiger partial charge in [0.25, 0.3) is 0 Å². The van der Waals surface area contributed by atoms with Crippen molar-refractivity contribution in [2.75, 3.05) is 26.2 Å². The minimum Gasteiger partial charge on any atom is -0.457 e. The number of likely N-dealkylation sites (tertiary alicyclic amines) is 2. The summed E-state index contributed by atoms with van der Waals surface area (Å²) in [5.74, 6) is -0.575. The Bertz CT molecular complexity index is 1040. The Labute approximate surface area is 193 Å². The molecule has 176 valence electrons. The van der Waals surface area contributed by atoms with Gasteiger partial charge in [0.2, 0.25) is 5.91 Å². The van der Waals surface area contributed by atoms with Crippen LogP contribution in [0.15, 0.2) is 23.9 Å². The summed E-state index contributed by atoms with van der Waals surface area (Å²) in [7, 11) is 0. The molecule has 0 aromatic heterocycles. The smallest absolute Gasteiger partial charge is 0.338 e. The molecule has 2 saturated heterocycles. The van der Waals surface area contributed by atoms with Gasteiger partial charge in [-0.1, -0.05) is 13.0 Å². The van der Waals surface area contributed by atoms with Gasteiger partial charge in [-0.2, -0.15) is 0 Å². The van der Waals surface area contributed by atoms with Crippen molar-refractivity contribution in [3.8, 4) is 0 Å². The van der Waals surface area contributed by atoms with Gasteiger partial charge in [-0.05, 0) is 62.9 Å². The van der Waals surface area contributed by atoms with Gasteiger partial charge in [0.15, 0.2) is 0 Å². The first kappa shape index (κ1) is 22.1. The quantitative estimate of drug-likeness (QED) is 0.682. The molecular weight excluding hydrogens is 424 g/mol. The van der Waals surface area contributed by atoms with Gasteiger partial charge in [0.05, 0.1) is 22.8 Å². The van der Waals surface area contributed by atoms with Gasteiger partial charge in [-0.15, -0.1) is 0 Å². The summed E-state index contributed by atoms with van der Waals surface area (Å²) in [6.07, 6.45) is 3.88. The molecule has 4 aliphatic rings. The van der Waals surface area contributed by atoms with Crippen molar-refractivity contribution in [3.05, 3.63) is 46.2 Å². The van der Waals surface area contributed by atoms with Crippen molar-refractivity contribution in [1.29, 1.82) is 0 Å². The highest BCUT2D eigenvalue weighted by molar-refractivity contribution is 5.94. The zero-order valence-electron chi connectivity index (χ0n) is 19.1. The fourth-order valence-electron chi connectivity index (χ4n) is 5.90. The molecule has 1 aromatic rings. The van der Waals surface area contributed by atoms with Crippen molar-refractivity contribution in [2.45, 2.75) is 58.3 Å². The van der Waals surface area contributed by atoms with Crippen molar-refractivity contribution >= 4 is 17.8 Å². The van der Waals surface area contributed by atoms with E-state index in [0.717, 1.165) is 55.5 Å². The number of hydrogen-bond acceptors (Lipinski definition) is 7. The second-order valence-corrected chi connectivity index (χ2v) is 9.66. The number of carbonyl (C=O) groups is 3. The summed E-state index contributed by atoms with van der Waals surface area (Å²) in [6.45, 7) is 6.37. The Morgan fingerprint density at radius 3 is 2.58 bits per heavy atom. The molecule has 2 fully saturated rings. The lowest BCUT2D eigenvalue weighted by atomic mass is 9.75. The Morgan fingerprint density at radius 2 is 1.91 bits per heavy atom. The number of aliphatic hydroxyl groups excluding tert-OH is 1. The average Bonchev–Trinajstić information content (AvgIpc) is 3.47. The minimum atomic E-state index is -0.675. The molecule has 8 nitrogen and oxygen atoms in total. The Kier molecular flexibility index (Phi) is 5.53. The fraction of sp³-hybridized carbons (Fsp3) is 0.560. The molecule has 5 rings (SSSR count). The summed E-state index contributed by atoms with van der Waals surface area (Å²) in [5.41, 5.74) is 3.45. The lowest BCUT2D eigenvalue weighted by Crippen LogP contribution is -2.45. The van der Waals surface area contributed by atoms with E-state index in [-0.39, 0.29) is 37.1 Å². The van der Waals surface area contributed by atoms with E-state index in [1.165, 1.54) is 6.08 Å². The zero-order valence-corrected chi connectivity index (χ0v) is 19.1. The summed E-state index contributed by atoms with van der Waals surface area (Å²) in [5, 5.41) is 11.0. The molecule has 8 heteroatoms. The maximum Gasteiger partial charge on any atom is 0.338 e. The molecule has 0 saturated carbocycles. The maximum atomic E-state index is 13.5. The highest BCUT2D eigenvalue weighted by atomic mass is 16.5. The van der Waals surface area contributed by atoms with Gasteiger partial charge in [-0.25, -0.2) is 9.59 Å². The first-order valence-corrected chi connectivity index (χ1v) is 11.7. The number of benzene rings is 1. The zero-order chi connectivity index (χ0) is 23.3. The van der Waals surface area contributed by atoms with Crippen LogP contribution in [0, 0.1) is 12.3 Å². The molecule has 0 bridgehead atoms. The Balaban J connectivity index is 1.25. The highest BCUT2D eigenvalue weighted by Crippen LogP contribution is 2.47. The number of nitrogens with zero attached hydrogens (tertiary/aromatic N) is 2. The number of amides is 1. The monoisotopic (exact) mass is 454 g/mol. The molecule has 4 aliphatic heterocycles. The Hall–Kier alpha value is -2.71. The highest BCUT2D eigenvalue weighted by Gasteiger charge is 2.53. The van der Waals surface area contributed by atoms with Gasteiger partial charge in [0, 0.05) is 24.2 Å². The number of rotatable bonds is 5. The van der Waals surface area contributed by atoms with Gasteiger partial charge < -0.3 is 24.4 Å². The number of piperidine rings is 1. The number of cyclic esters (lactones) is 2. The van der Waals surface area contributed by atoms with Crippen LogP contribution < -0.4 is 0 Å². The van der Waals surface area contributed by atoms with Crippen molar-refractivity contribution in [3.63, 3.8) is 0 Å². The maximum absolute atomic E-state index is 13.5. The topological polar surface area (TPSA) is 96.4 Å². The minimum absolute atomic E-state index is 0.0920. The number of carbonyl (C=O) groups excluding carboxylic acids is 3. The van der Waals surface area contributed by atoms with Crippen LogP contribution in [0.3, 0.4) is 0 Å². The lowest BCUT2D eigenvalue weighted by molar-refractivity contribution is -0.139. The molecule has 1 unspecified atom stereocenters. The number of esters is 2. The van der Waals surface area contributed by atoms with Gasteiger partial charge >= 0.3 is 11.9 Å². The van der Waals surface area contributed by atoms with E-state index < -0.39 is 11.5 Å². The number of fused-ring (bicyclic) bond motifs is 1. The van der Waals surface area contributed by atoms with Crippen LogP contribution in [0.4, 0.5) is 0 Å². The second-order valence-electron chi connectivity index (χ2n) is 9.66. The van der Waals surface area contributed by atoms with Crippen LogP contribution in [0.5, 0.6) is 0 Å². The summed E-state index contributed by atoms with van der Waals surface area (Å²) < 4.78 is 10.2. The predicted molar refractivity (Wildman–Crippen MR) is 118 cm³/mol. The largest absolute Gasteiger partial charge is 0.457 e. The molecule has 33 heavy (non-hydrogen) atoms. The first-order valence-electron chi connectivity index (χ1n) is 11.7. The van der Waals surface area contributed by atoms with Crippen molar-refractivity contribution in [2.24, 2.45) is 5.41 Å². The van der Waals surface area contributed by atoms with Gasteiger partial charge in [0.1, 0.15) is 13.2 Å². The lowest BCUT2D eigenvalue weighted by Gasteiger charge is -2.38. The fourth-order valence-corrected chi connectivity index (χ4v) is 5.90. The summed E-state index contributed by atoms with van der Waals surface area (Å²) in [4.78, 5) is 40.8. The van der Waals surface area contributed by atoms with E-state index in [2.05, 4.69) is 11.8 Å². The molecule has 1 spiro atoms. The summed E-state index contributed by atoms with van der Waals surface area (Å²) >= 11 is 0. The van der Waals surface area contributed by atoms with Crippen LogP contribution in [0.25, 0.3) is 0 Å². The third-order valence-corrected chi connectivity index (χ3v) is 7.90. The summed E-state index contributed by atoms with van der Waals surface area (Å²) in [6, 6.07) is 3.65. The molecule has 0 aliphatic carbocycles. The van der Waals surface area contributed by atoms with Crippen LogP contribution in [-0.2, 0) is 25.7 Å². The van der Waals surface area contributed by atoms with E-state index in [0.29, 0.717) is 17.8 Å². The molecular formula is C25H30N2O6. The molecule has 1 amide bonds. The molecule has 0 radical (unpaired) electrons. The number of hydrogen-bond donors (Lipinski definition) is 1. The van der Waals surface area contributed by atoms with Gasteiger partial charge in [-0.3, -0.25) is 4.79 Å². The van der Waals surface area contributed by atoms with Crippen LogP contribution in [0.2, 0.25) is 0 Å². The number of aliphatic hydroxyl groups is 1. The standard InChI is InChI=1S/C25H30N2O6/c1-3-16-11-25(24(31)27(16)17-10-22(29)32-13-17)6-8-26(9-7-25)12-21(28)18-4-5-19-20(15(18)2)14-33-23(19)30/h4-5,10,16,21,28H,3,6-9,11-14H2,1-2H3/t16?,21-/m0/s1. The third kappa shape index (κ3) is 3.65. The van der Waals surface area contributed by atoms with Crippen LogP contribution >= 0.6 is 0 Å². The molecule has 4 heterocycles. The number of ether oxygens (including phenoxy) is 2. The number of β-amino-alcohol motifs (C(OH)–C–C–N with tert-alkyl or cyclic N) is 1. The average molecular weight is 455 g/mol. The SMILES string of the molecule is CCC1CC2(CCN(C[C@H](O)c3ccc4c(c3C)COC4=O)CC2)C(=O)N1C1=CC(=O)OC1. The second kappa shape index (κ2) is 8.25. The Morgan fingerprint density at radius 1 is 1.15 bits per heavy atom. The normalized spacial score (nSPS) is 25.3. The van der Waals surface area contributed by atoms with E-state index in [1.807, 2.05) is 17.9 Å². The molecule has 2 atom stereocenters. The van der Waals surface area contributed by atoms with Crippen molar-refractivity contribution < 1.29 is 29.0 Å². The first-order chi connectivity index (χ1) is 15.8. The van der Waals surface area contributed by atoms with Crippen LogP contribution in [-0.4, -0.2) is 65.0 Å².